The molecule has 4 amide bonds. The molecule has 0 spiro atoms. The second-order valence-corrected chi connectivity index (χ2v) is 9.42. The third-order valence-corrected chi connectivity index (χ3v) is 5.34. The van der Waals surface area contributed by atoms with Gasteiger partial charge in [0, 0.05) is 6.54 Å². The Morgan fingerprint density at radius 2 is 1.64 bits per heavy atom. The van der Waals surface area contributed by atoms with Gasteiger partial charge in [-0.2, -0.15) is 0 Å². The lowest BCUT2D eigenvalue weighted by Gasteiger charge is -2.29. The molecule has 0 aliphatic carbocycles. The van der Waals surface area contributed by atoms with Crippen molar-refractivity contribution in [1.29, 1.82) is 0 Å². The highest BCUT2D eigenvalue weighted by Crippen LogP contribution is 2.24. The zero-order valence-corrected chi connectivity index (χ0v) is 19.4. The Morgan fingerprint density at radius 3 is 2.15 bits per heavy atom. The van der Waals surface area contributed by atoms with Gasteiger partial charge in [-0.25, -0.2) is 9.59 Å². The number of nitrogens with one attached hydrogen (secondary N) is 1. The van der Waals surface area contributed by atoms with Gasteiger partial charge in [0.05, 0.1) is 11.1 Å². The van der Waals surface area contributed by atoms with Crippen molar-refractivity contribution >= 4 is 29.8 Å². The van der Waals surface area contributed by atoms with Crippen LogP contribution in [0.15, 0.2) is 24.3 Å². The number of imide groups is 1. The number of hydrogen-bond donors (Lipinski definition) is 1. The van der Waals surface area contributed by atoms with E-state index in [1.807, 2.05) is 0 Å². The van der Waals surface area contributed by atoms with E-state index < -0.39 is 53.4 Å². The fourth-order valence-corrected chi connectivity index (χ4v) is 3.72. The van der Waals surface area contributed by atoms with Crippen LogP contribution in [0.3, 0.4) is 0 Å². The van der Waals surface area contributed by atoms with E-state index in [0.717, 1.165) is 0 Å². The van der Waals surface area contributed by atoms with Crippen LogP contribution in [-0.4, -0.2) is 64.0 Å². The number of nitrogens with zero attached hydrogens (tertiary/aromatic N) is 2. The number of carbonyl (C=O) groups is 5. The minimum Gasteiger partial charge on any atom is -0.444 e. The highest BCUT2D eigenvalue weighted by molar-refractivity contribution is 6.21. The van der Waals surface area contributed by atoms with Crippen molar-refractivity contribution in [3.8, 4) is 0 Å². The van der Waals surface area contributed by atoms with Crippen molar-refractivity contribution in [2.45, 2.75) is 65.1 Å². The number of rotatable bonds is 5. The fraction of sp³-hybridized carbons (Fsp3) is 0.522. The average molecular weight is 459 g/mol. The van der Waals surface area contributed by atoms with Gasteiger partial charge in [-0.15, -0.1) is 0 Å². The number of likely N-dealkylation sites (tertiary alicyclic amines) is 1. The molecule has 2 aliphatic rings. The molecule has 178 valence electrons. The Kier molecular flexibility index (Phi) is 6.76. The van der Waals surface area contributed by atoms with Gasteiger partial charge in [0.2, 0.25) is 5.91 Å². The second-order valence-electron chi connectivity index (χ2n) is 9.42. The molecule has 2 atom stereocenters. The molecule has 2 heterocycles. The molecule has 1 saturated heterocycles. The summed E-state index contributed by atoms with van der Waals surface area (Å²) in [5, 5.41) is 3.03. The summed E-state index contributed by atoms with van der Waals surface area (Å²) >= 11 is 0. The van der Waals surface area contributed by atoms with E-state index in [2.05, 4.69) is 5.32 Å². The monoisotopic (exact) mass is 459 g/mol. The summed E-state index contributed by atoms with van der Waals surface area (Å²) in [4.78, 5) is 69.7. The zero-order valence-electron chi connectivity index (χ0n) is 19.4. The summed E-state index contributed by atoms with van der Waals surface area (Å²) in [6.07, 6.45) is 0.432. The molecule has 2 unspecified atom stereocenters. The largest absolute Gasteiger partial charge is 0.444 e. The summed E-state index contributed by atoms with van der Waals surface area (Å²) in [7, 11) is 0. The maximum atomic E-state index is 13.0. The summed E-state index contributed by atoms with van der Waals surface area (Å²) < 4.78 is 5.38. The Hall–Kier alpha value is -3.43. The standard InChI is InChI=1S/C23H29N3O7/c1-13(2)17(21(30)33-26-19(28)14-9-6-7-10-15(14)20(26)29)24-18(27)16-11-8-12-25(16)22(31)32-23(3,4)5/h6-7,9-10,13,16-17H,8,11-12H2,1-5H3,(H,24,27). The summed E-state index contributed by atoms with van der Waals surface area (Å²) in [5.74, 6) is -3.38. The molecule has 1 aromatic carbocycles. The maximum absolute atomic E-state index is 13.0. The molecular weight excluding hydrogens is 430 g/mol. The van der Waals surface area contributed by atoms with Crippen LogP contribution < -0.4 is 5.32 Å². The van der Waals surface area contributed by atoms with Gasteiger partial charge in [-0.3, -0.25) is 19.3 Å². The van der Waals surface area contributed by atoms with Gasteiger partial charge in [0.15, 0.2) is 0 Å². The zero-order chi connectivity index (χ0) is 24.5. The van der Waals surface area contributed by atoms with Crippen LogP contribution in [0.25, 0.3) is 0 Å². The Morgan fingerprint density at radius 1 is 1.06 bits per heavy atom. The first-order valence-electron chi connectivity index (χ1n) is 10.9. The summed E-state index contributed by atoms with van der Waals surface area (Å²) in [6.45, 7) is 8.95. The molecule has 10 heteroatoms. The van der Waals surface area contributed by atoms with E-state index in [9.17, 15) is 24.0 Å². The summed E-state index contributed by atoms with van der Waals surface area (Å²) in [5.41, 5.74) is -0.434. The lowest BCUT2D eigenvalue weighted by molar-refractivity contribution is -0.173. The predicted molar refractivity (Wildman–Crippen MR) is 116 cm³/mol. The van der Waals surface area contributed by atoms with Gasteiger partial charge >= 0.3 is 12.1 Å². The predicted octanol–water partition coefficient (Wildman–Crippen LogP) is 2.28. The molecule has 3 rings (SSSR count). The molecule has 2 aliphatic heterocycles. The molecular formula is C23H29N3O7. The highest BCUT2D eigenvalue weighted by atomic mass is 16.7. The van der Waals surface area contributed by atoms with Crippen LogP contribution >= 0.6 is 0 Å². The van der Waals surface area contributed by atoms with Crippen molar-refractivity contribution in [3.63, 3.8) is 0 Å². The smallest absolute Gasteiger partial charge is 0.410 e. The number of fused-ring (bicyclic) bond motifs is 1. The van der Waals surface area contributed by atoms with E-state index in [1.54, 1.807) is 46.8 Å². The molecule has 1 N–H and O–H groups in total. The van der Waals surface area contributed by atoms with Crippen molar-refractivity contribution < 1.29 is 33.5 Å². The number of ether oxygens (including phenoxy) is 1. The molecule has 33 heavy (non-hydrogen) atoms. The van der Waals surface area contributed by atoms with Crippen molar-refractivity contribution in [1.82, 2.24) is 15.3 Å². The van der Waals surface area contributed by atoms with Crippen LogP contribution in [0.4, 0.5) is 4.79 Å². The highest BCUT2D eigenvalue weighted by Gasteiger charge is 2.42. The van der Waals surface area contributed by atoms with E-state index in [-0.39, 0.29) is 11.1 Å². The first kappa shape index (κ1) is 24.2. The molecule has 0 aromatic heterocycles. The van der Waals surface area contributed by atoms with Gasteiger partial charge in [0.1, 0.15) is 17.7 Å². The average Bonchev–Trinajstić information content (AvgIpc) is 3.31. The van der Waals surface area contributed by atoms with Crippen LogP contribution in [0.1, 0.15) is 68.2 Å². The number of hydrogen-bond acceptors (Lipinski definition) is 7. The quantitative estimate of drug-likeness (QED) is 0.670. The molecule has 0 bridgehead atoms. The van der Waals surface area contributed by atoms with Gasteiger partial charge in [0.25, 0.3) is 11.8 Å². The van der Waals surface area contributed by atoms with Crippen LogP contribution in [0.5, 0.6) is 0 Å². The van der Waals surface area contributed by atoms with Gasteiger partial charge in [-0.05, 0) is 51.7 Å². The molecule has 1 fully saturated rings. The SMILES string of the molecule is CC(C)C(NC(=O)C1CCCN1C(=O)OC(C)(C)C)C(=O)ON1C(=O)c2ccccc2C1=O. The lowest BCUT2D eigenvalue weighted by atomic mass is 10.0. The van der Waals surface area contributed by atoms with Crippen LogP contribution in [0.2, 0.25) is 0 Å². The molecule has 1 aromatic rings. The van der Waals surface area contributed by atoms with Crippen LogP contribution in [-0.2, 0) is 19.2 Å². The number of benzene rings is 1. The van der Waals surface area contributed by atoms with E-state index >= 15 is 0 Å². The molecule has 0 radical (unpaired) electrons. The van der Waals surface area contributed by atoms with E-state index in [1.165, 1.54) is 17.0 Å². The van der Waals surface area contributed by atoms with Crippen molar-refractivity contribution in [3.05, 3.63) is 35.4 Å². The second kappa shape index (κ2) is 9.21. The third-order valence-electron chi connectivity index (χ3n) is 5.34. The number of hydroxylamine groups is 2. The molecule has 10 nitrogen and oxygen atoms in total. The first-order valence-corrected chi connectivity index (χ1v) is 10.9. The van der Waals surface area contributed by atoms with E-state index in [0.29, 0.717) is 24.4 Å². The van der Waals surface area contributed by atoms with Crippen LogP contribution in [0, 0.1) is 5.92 Å². The Balaban J connectivity index is 1.69. The number of amides is 4. The Bertz CT molecular complexity index is 948. The fourth-order valence-electron chi connectivity index (χ4n) is 3.72. The van der Waals surface area contributed by atoms with Crippen molar-refractivity contribution in [2.24, 2.45) is 5.92 Å². The van der Waals surface area contributed by atoms with E-state index in [4.69, 9.17) is 9.57 Å². The minimum atomic E-state index is -1.14. The minimum absolute atomic E-state index is 0.138. The normalized spacial score (nSPS) is 18.9. The molecule has 0 saturated carbocycles. The van der Waals surface area contributed by atoms with Gasteiger partial charge in [-0.1, -0.05) is 31.0 Å². The first-order chi connectivity index (χ1) is 15.4. The summed E-state index contributed by atoms with van der Waals surface area (Å²) in [6, 6.07) is 4.21. The number of carbonyl (C=O) groups excluding carboxylic acids is 5. The maximum Gasteiger partial charge on any atom is 0.410 e. The lowest BCUT2D eigenvalue weighted by Crippen LogP contribution is -2.54. The third kappa shape index (κ3) is 5.15. The van der Waals surface area contributed by atoms with Gasteiger partial charge < -0.3 is 14.9 Å². The Labute approximate surface area is 192 Å². The van der Waals surface area contributed by atoms with Crippen molar-refractivity contribution in [2.75, 3.05) is 6.54 Å². The topological polar surface area (TPSA) is 122 Å².